The molecule has 4 aromatic rings. The summed E-state index contributed by atoms with van der Waals surface area (Å²) < 4.78 is 2.07. The van der Waals surface area contributed by atoms with E-state index >= 15 is 0 Å². The van der Waals surface area contributed by atoms with Crippen LogP contribution in [0.15, 0.2) is 73.3 Å². The van der Waals surface area contributed by atoms with Crippen molar-refractivity contribution < 1.29 is 0 Å². The Labute approximate surface area is 128 Å². The number of benzene rings is 1. The molecule has 0 fully saturated rings. The van der Waals surface area contributed by atoms with Crippen LogP contribution in [0.4, 0.5) is 0 Å². The van der Waals surface area contributed by atoms with E-state index in [1.165, 1.54) is 0 Å². The minimum absolute atomic E-state index is 0.866. The van der Waals surface area contributed by atoms with Crippen LogP contribution in [0.5, 0.6) is 0 Å². The Morgan fingerprint density at radius 2 is 1.68 bits per heavy atom. The molecule has 4 rings (SSSR count). The Bertz CT molecular complexity index is 982. The molecule has 1 aromatic carbocycles. The summed E-state index contributed by atoms with van der Waals surface area (Å²) in [5.74, 6) is 6.56. The van der Waals surface area contributed by atoms with E-state index in [0.29, 0.717) is 0 Å². The van der Waals surface area contributed by atoms with Gasteiger partial charge in [0.1, 0.15) is 5.65 Å². The smallest absolute Gasteiger partial charge is 0.138 e. The average Bonchev–Trinajstić information content (AvgIpc) is 3.24. The number of hydrogen-bond acceptors (Lipinski definition) is 1. The number of rotatable bonds is 1. The SMILES string of the molecule is C(#Cc1ccnc2[nH]ccc12)c1ccccc1-n1cccc1. The number of H-pyrrole nitrogens is 1. The van der Waals surface area contributed by atoms with Gasteiger partial charge in [0.25, 0.3) is 0 Å². The summed E-state index contributed by atoms with van der Waals surface area (Å²) in [7, 11) is 0. The highest BCUT2D eigenvalue weighted by Gasteiger charge is 2.02. The first kappa shape index (κ1) is 12.5. The first-order chi connectivity index (χ1) is 10.9. The Kier molecular flexibility index (Phi) is 2.99. The number of fused-ring (bicyclic) bond motifs is 1. The Balaban J connectivity index is 1.81. The topological polar surface area (TPSA) is 33.6 Å². The number of para-hydroxylation sites is 1. The molecule has 0 unspecified atom stereocenters. The van der Waals surface area contributed by atoms with Gasteiger partial charge in [-0.15, -0.1) is 0 Å². The summed E-state index contributed by atoms with van der Waals surface area (Å²) in [5.41, 5.74) is 3.93. The third-order valence-electron chi connectivity index (χ3n) is 3.58. The largest absolute Gasteiger partial charge is 0.346 e. The zero-order chi connectivity index (χ0) is 14.8. The molecule has 3 aromatic heterocycles. The molecule has 3 heteroatoms. The Morgan fingerprint density at radius 1 is 0.864 bits per heavy atom. The summed E-state index contributed by atoms with van der Waals surface area (Å²) in [6.07, 6.45) is 7.71. The van der Waals surface area contributed by atoms with Gasteiger partial charge in [0.2, 0.25) is 0 Å². The van der Waals surface area contributed by atoms with Crippen LogP contribution in [0, 0.1) is 11.8 Å². The van der Waals surface area contributed by atoms with Crippen LogP contribution in [-0.2, 0) is 0 Å². The first-order valence-electron chi connectivity index (χ1n) is 7.08. The summed E-state index contributed by atoms with van der Waals surface area (Å²) in [4.78, 5) is 7.40. The first-order valence-corrected chi connectivity index (χ1v) is 7.08. The fraction of sp³-hybridized carbons (Fsp3) is 0. The fourth-order valence-corrected chi connectivity index (χ4v) is 2.50. The van der Waals surface area contributed by atoms with Crippen LogP contribution in [0.3, 0.4) is 0 Å². The van der Waals surface area contributed by atoms with Gasteiger partial charge in [-0.25, -0.2) is 4.98 Å². The van der Waals surface area contributed by atoms with Gasteiger partial charge in [-0.1, -0.05) is 24.0 Å². The molecule has 22 heavy (non-hydrogen) atoms. The summed E-state index contributed by atoms with van der Waals surface area (Å²) in [5, 5.41) is 1.05. The van der Waals surface area contributed by atoms with Crippen molar-refractivity contribution in [2.45, 2.75) is 0 Å². The van der Waals surface area contributed by atoms with Gasteiger partial charge in [0, 0.05) is 41.3 Å². The average molecular weight is 283 g/mol. The third-order valence-corrected chi connectivity index (χ3v) is 3.58. The summed E-state index contributed by atoms with van der Waals surface area (Å²) in [6.45, 7) is 0. The van der Waals surface area contributed by atoms with Gasteiger partial charge in [-0.05, 0) is 36.4 Å². The van der Waals surface area contributed by atoms with E-state index in [1.807, 2.05) is 61.1 Å². The number of hydrogen-bond donors (Lipinski definition) is 1. The zero-order valence-electron chi connectivity index (χ0n) is 11.8. The number of aromatic nitrogens is 3. The number of nitrogens with zero attached hydrogens (tertiary/aromatic N) is 2. The lowest BCUT2D eigenvalue weighted by atomic mass is 10.1. The summed E-state index contributed by atoms with van der Waals surface area (Å²) >= 11 is 0. The minimum Gasteiger partial charge on any atom is -0.346 e. The molecule has 3 heterocycles. The van der Waals surface area contributed by atoms with Gasteiger partial charge in [0.15, 0.2) is 0 Å². The molecule has 0 saturated carbocycles. The molecule has 0 radical (unpaired) electrons. The van der Waals surface area contributed by atoms with E-state index in [4.69, 9.17) is 0 Å². The van der Waals surface area contributed by atoms with Crippen molar-refractivity contribution in [3.8, 4) is 17.5 Å². The third kappa shape index (κ3) is 2.17. The van der Waals surface area contributed by atoms with E-state index in [-0.39, 0.29) is 0 Å². The van der Waals surface area contributed by atoms with Crippen LogP contribution < -0.4 is 0 Å². The Hall–Kier alpha value is -3.25. The molecular formula is C19H13N3. The van der Waals surface area contributed by atoms with Crippen LogP contribution in [-0.4, -0.2) is 14.5 Å². The monoisotopic (exact) mass is 283 g/mol. The zero-order valence-corrected chi connectivity index (χ0v) is 11.8. The molecule has 1 N–H and O–H groups in total. The van der Waals surface area contributed by atoms with Crippen molar-refractivity contribution in [3.63, 3.8) is 0 Å². The second-order valence-corrected chi connectivity index (χ2v) is 4.96. The second-order valence-electron chi connectivity index (χ2n) is 4.96. The molecule has 0 bridgehead atoms. The molecule has 3 nitrogen and oxygen atoms in total. The Morgan fingerprint density at radius 3 is 2.59 bits per heavy atom. The molecular weight excluding hydrogens is 270 g/mol. The van der Waals surface area contributed by atoms with Crippen LogP contribution >= 0.6 is 0 Å². The molecule has 0 atom stereocenters. The van der Waals surface area contributed by atoms with Crippen molar-refractivity contribution in [2.75, 3.05) is 0 Å². The maximum Gasteiger partial charge on any atom is 0.138 e. The second kappa shape index (κ2) is 5.27. The molecule has 104 valence electrons. The maximum absolute atomic E-state index is 4.29. The van der Waals surface area contributed by atoms with Gasteiger partial charge in [-0.2, -0.15) is 0 Å². The van der Waals surface area contributed by atoms with Crippen molar-refractivity contribution in [2.24, 2.45) is 0 Å². The molecule has 0 spiro atoms. The lowest BCUT2D eigenvalue weighted by molar-refractivity contribution is 1.07. The number of nitrogens with one attached hydrogen (secondary N) is 1. The predicted molar refractivity (Wildman–Crippen MR) is 87.8 cm³/mol. The van der Waals surface area contributed by atoms with Gasteiger partial charge in [0.05, 0.1) is 5.69 Å². The predicted octanol–water partition coefficient (Wildman–Crippen LogP) is 3.75. The van der Waals surface area contributed by atoms with E-state index in [0.717, 1.165) is 27.8 Å². The van der Waals surface area contributed by atoms with E-state index in [2.05, 4.69) is 32.4 Å². The molecule has 0 aliphatic heterocycles. The lowest BCUT2D eigenvalue weighted by Crippen LogP contribution is -1.93. The maximum atomic E-state index is 4.29. The van der Waals surface area contributed by atoms with Gasteiger partial charge >= 0.3 is 0 Å². The molecule has 0 amide bonds. The normalized spacial score (nSPS) is 10.4. The lowest BCUT2D eigenvalue weighted by Gasteiger charge is -2.05. The number of aromatic amines is 1. The van der Waals surface area contributed by atoms with Crippen molar-refractivity contribution >= 4 is 11.0 Å². The van der Waals surface area contributed by atoms with E-state index < -0.39 is 0 Å². The van der Waals surface area contributed by atoms with E-state index in [1.54, 1.807) is 6.20 Å². The molecule has 0 saturated heterocycles. The number of pyridine rings is 1. The highest BCUT2D eigenvalue weighted by Crippen LogP contribution is 2.16. The van der Waals surface area contributed by atoms with Crippen LogP contribution in [0.2, 0.25) is 0 Å². The molecule has 0 aliphatic carbocycles. The van der Waals surface area contributed by atoms with Crippen molar-refractivity contribution in [1.29, 1.82) is 0 Å². The summed E-state index contributed by atoms with van der Waals surface area (Å²) in [6, 6.07) is 16.1. The minimum atomic E-state index is 0.866. The highest BCUT2D eigenvalue weighted by atomic mass is 14.9. The molecule has 0 aliphatic rings. The highest BCUT2D eigenvalue weighted by molar-refractivity contribution is 5.82. The van der Waals surface area contributed by atoms with Gasteiger partial charge < -0.3 is 9.55 Å². The quantitative estimate of drug-likeness (QED) is 0.530. The van der Waals surface area contributed by atoms with Gasteiger partial charge in [-0.3, -0.25) is 0 Å². The standard InChI is InChI=1S/C19H13N3/c1-2-6-18(22-13-3-4-14-22)16(5-1)8-7-15-9-11-20-19-17(15)10-12-21-19/h1-6,9-14H,(H,20,21). The van der Waals surface area contributed by atoms with Crippen LogP contribution in [0.1, 0.15) is 11.1 Å². The van der Waals surface area contributed by atoms with Crippen molar-refractivity contribution in [3.05, 3.63) is 84.4 Å². The van der Waals surface area contributed by atoms with Crippen molar-refractivity contribution in [1.82, 2.24) is 14.5 Å². The van der Waals surface area contributed by atoms with E-state index in [9.17, 15) is 0 Å². The van der Waals surface area contributed by atoms with Crippen LogP contribution in [0.25, 0.3) is 16.7 Å². The fourth-order valence-electron chi connectivity index (χ4n) is 2.50.